The van der Waals surface area contributed by atoms with Gasteiger partial charge < -0.3 is 19.3 Å². The lowest BCUT2D eigenvalue weighted by molar-refractivity contribution is -0.158. The highest BCUT2D eigenvalue weighted by Gasteiger charge is 2.32. The van der Waals surface area contributed by atoms with Gasteiger partial charge in [-0.2, -0.15) is 0 Å². The molecule has 2 aliphatic rings. The predicted octanol–water partition coefficient (Wildman–Crippen LogP) is 6.88. The normalized spacial score (nSPS) is 25.0. The maximum Gasteiger partial charge on any atom is 0.335 e. The molecule has 0 amide bonds. The van der Waals surface area contributed by atoms with Gasteiger partial charge in [0.1, 0.15) is 0 Å². The fraction of sp³-hybridized carbons (Fsp3) is 0.875. The van der Waals surface area contributed by atoms with E-state index < -0.39 is 17.4 Å². The Kier molecular flexibility index (Phi) is 15.0. The lowest BCUT2D eigenvalue weighted by Crippen LogP contribution is -2.32. The average molecular weight is 537 g/mol. The number of aliphatic hydroxyl groups is 1. The summed E-state index contributed by atoms with van der Waals surface area (Å²) in [5.41, 5.74) is -0.668. The quantitative estimate of drug-likeness (QED) is 0.124. The van der Waals surface area contributed by atoms with E-state index in [1.54, 1.807) is 13.8 Å². The van der Waals surface area contributed by atoms with Gasteiger partial charge >= 0.3 is 11.9 Å². The highest BCUT2D eigenvalue weighted by Crippen LogP contribution is 2.43. The summed E-state index contributed by atoms with van der Waals surface area (Å²) in [6.07, 6.45) is 18.4. The van der Waals surface area contributed by atoms with Crippen molar-refractivity contribution in [3.05, 3.63) is 12.2 Å². The van der Waals surface area contributed by atoms with Gasteiger partial charge in [0.25, 0.3) is 0 Å². The molecule has 2 aliphatic carbocycles. The third-order valence-corrected chi connectivity index (χ3v) is 9.10. The van der Waals surface area contributed by atoms with E-state index in [0.29, 0.717) is 5.92 Å². The molecule has 1 N–H and O–H groups in total. The minimum atomic E-state index is -0.943. The molecule has 1 atom stereocenters. The molecule has 0 spiro atoms. The Morgan fingerprint density at radius 2 is 1.45 bits per heavy atom. The van der Waals surface area contributed by atoms with Gasteiger partial charge in [0.2, 0.25) is 0 Å². The molecular weight excluding hydrogens is 480 g/mol. The first-order valence-corrected chi connectivity index (χ1v) is 15.3. The van der Waals surface area contributed by atoms with E-state index in [1.807, 2.05) is 0 Å². The molecule has 0 bridgehead atoms. The second-order valence-electron chi connectivity index (χ2n) is 12.8. The van der Waals surface area contributed by atoms with Crippen LogP contribution in [0.4, 0.5) is 0 Å². The molecule has 220 valence electrons. The molecule has 0 aliphatic heterocycles. The highest BCUT2D eigenvalue weighted by molar-refractivity contribution is 5.87. The number of methoxy groups -OCH3 is 1. The van der Waals surface area contributed by atoms with Crippen LogP contribution in [0.5, 0.6) is 0 Å². The molecule has 6 heteroatoms. The maximum atomic E-state index is 12.4. The number of unbranched alkanes of at least 4 members (excludes halogenated alkanes) is 2. The number of hydrogen-bond donors (Lipinski definition) is 1. The van der Waals surface area contributed by atoms with Crippen molar-refractivity contribution in [1.29, 1.82) is 0 Å². The molecule has 0 saturated heterocycles. The number of aliphatic hydroxyl groups excluding tert-OH is 1. The fourth-order valence-electron chi connectivity index (χ4n) is 6.25. The van der Waals surface area contributed by atoms with Crippen molar-refractivity contribution in [2.24, 2.45) is 35.0 Å². The highest BCUT2D eigenvalue weighted by atomic mass is 16.5. The summed E-state index contributed by atoms with van der Waals surface area (Å²) in [6.45, 7) is 9.56. The Morgan fingerprint density at radius 1 is 0.895 bits per heavy atom. The van der Waals surface area contributed by atoms with E-state index in [2.05, 4.69) is 13.5 Å². The van der Waals surface area contributed by atoms with Gasteiger partial charge in [-0.15, -0.1) is 0 Å². The zero-order valence-electron chi connectivity index (χ0n) is 24.8. The second-order valence-corrected chi connectivity index (χ2v) is 12.8. The molecule has 0 aromatic carbocycles. The van der Waals surface area contributed by atoms with Crippen molar-refractivity contribution in [3.63, 3.8) is 0 Å². The maximum absolute atomic E-state index is 12.4. The van der Waals surface area contributed by atoms with Crippen molar-refractivity contribution in [3.8, 4) is 0 Å². The Balaban J connectivity index is 1.78. The van der Waals surface area contributed by atoms with Gasteiger partial charge in [-0.3, -0.25) is 4.79 Å². The third-order valence-electron chi connectivity index (χ3n) is 9.10. The molecular formula is C32H56O6. The summed E-state index contributed by atoms with van der Waals surface area (Å²) in [4.78, 5) is 24.6. The van der Waals surface area contributed by atoms with Crippen LogP contribution < -0.4 is 0 Å². The summed E-state index contributed by atoms with van der Waals surface area (Å²) in [5.74, 6) is 2.51. The molecule has 0 aromatic heterocycles. The number of esters is 2. The van der Waals surface area contributed by atoms with Crippen molar-refractivity contribution < 1.29 is 28.9 Å². The van der Waals surface area contributed by atoms with Crippen molar-refractivity contribution >= 4 is 11.9 Å². The zero-order valence-corrected chi connectivity index (χ0v) is 24.8. The van der Waals surface area contributed by atoms with Crippen LogP contribution in [-0.4, -0.2) is 50.6 Å². The molecule has 38 heavy (non-hydrogen) atoms. The lowest BCUT2D eigenvalue weighted by Gasteiger charge is -2.38. The van der Waals surface area contributed by atoms with Gasteiger partial charge in [-0.1, -0.05) is 64.9 Å². The van der Waals surface area contributed by atoms with E-state index in [0.717, 1.165) is 30.6 Å². The Hall–Kier alpha value is -1.40. The summed E-state index contributed by atoms with van der Waals surface area (Å²) in [5, 5.41) is 9.47. The van der Waals surface area contributed by atoms with Crippen molar-refractivity contribution in [1.82, 2.24) is 0 Å². The minimum absolute atomic E-state index is 0.0755. The number of hydrogen-bond acceptors (Lipinski definition) is 6. The SMILES string of the molecule is C=C(COC)C(=O)OCC(CCC1CCC(C2CCC(CCCCC)CC2)CC1)COC(=O)C(C)(C)CO. The van der Waals surface area contributed by atoms with E-state index in [-0.39, 0.29) is 37.9 Å². The van der Waals surface area contributed by atoms with Crippen LogP contribution >= 0.6 is 0 Å². The molecule has 2 saturated carbocycles. The minimum Gasteiger partial charge on any atom is -0.465 e. The van der Waals surface area contributed by atoms with Crippen molar-refractivity contribution in [2.75, 3.05) is 33.5 Å². The second kappa shape index (κ2) is 17.3. The van der Waals surface area contributed by atoms with Crippen molar-refractivity contribution in [2.45, 2.75) is 111 Å². The van der Waals surface area contributed by atoms with Gasteiger partial charge in [0.05, 0.1) is 37.4 Å². The first-order valence-electron chi connectivity index (χ1n) is 15.3. The standard InChI is InChI=1S/C32H56O6/c1-6-7-8-9-25-12-16-28(17-13-25)29-18-14-26(15-19-29)10-11-27(21-37-30(34)24(2)20-36-5)22-38-31(35)32(3,4)23-33/h25-29,33H,2,6-23H2,1,3-5H3. The topological polar surface area (TPSA) is 82.1 Å². The summed E-state index contributed by atoms with van der Waals surface area (Å²) in [7, 11) is 1.51. The Labute approximate surface area is 232 Å². The number of carbonyl (C=O) groups is 2. The smallest absolute Gasteiger partial charge is 0.335 e. The molecule has 0 radical (unpaired) electrons. The van der Waals surface area contributed by atoms with Gasteiger partial charge in [0.15, 0.2) is 0 Å². The first kappa shape index (κ1) is 32.8. The molecule has 1 unspecified atom stereocenters. The van der Waals surface area contributed by atoms with E-state index >= 15 is 0 Å². The summed E-state index contributed by atoms with van der Waals surface area (Å²) in [6, 6.07) is 0. The number of ether oxygens (including phenoxy) is 3. The first-order chi connectivity index (χ1) is 18.2. The average Bonchev–Trinajstić information content (AvgIpc) is 2.93. The van der Waals surface area contributed by atoms with Crippen LogP contribution in [0.3, 0.4) is 0 Å². The monoisotopic (exact) mass is 536 g/mol. The van der Waals surface area contributed by atoms with E-state index in [4.69, 9.17) is 14.2 Å². The predicted molar refractivity (Wildman–Crippen MR) is 152 cm³/mol. The van der Waals surface area contributed by atoms with Gasteiger partial charge in [0, 0.05) is 13.0 Å². The Bertz CT molecular complexity index is 701. The van der Waals surface area contributed by atoms with Crippen LogP contribution in [-0.2, 0) is 23.8 Å². The molecule has 2 rings (SSSR count). The fourth-order valence-corrected chi connectivity index (χ4v) is 6.25. The third kappa shape index (κ3) is 11.4. The summed E-state index contributed by atoms with van der Waals surface area (Å²) >= 11 is 0. The van der Waals surface area contributed by atoms with Crippen LogP contribution in [0.1, 0.15) is 111 Å². The van der Waals surface area contributed by atoms with Gasteiger partial charge in [-0.25, -0.2) is 4.79 Å². The number of carbonyl (C=O) groups excluding carboxylic acids is 2. The molecule has 0 aromatic rings. The van der Waals surface area contributed by atoms with Crippen LogP contribution in [0.2, 0.25) is 0 Å². The lowest BCUT2D eigenvalue weighted by atomic mass is 9.68. The zero-order chi connectivity index (χ0) is 28.0. The van der Waals surface area contributed by atoms with E-state index in [9.17, 15) is 14.7 Å². The molecule has 6 nitrogen and oxygen atoms in total. The molecule has 2 fully saturated rings. The van der Waals surface area contributed by atoms with Crippen LogP contribution in [0, 0.1) is 35.0 Å². The largest absolute Gasteiger partial charge is 0.465 e. The van der Waals surface area contributed by atoms with Crippen LogP contribution in [0.25, 0.3) is 0 Å². The van der Waals surface area contributed by atoms with Gasteiger partial charge in [-0.05, 0) is 76.0 Å². The van der Waals surface area contributed by atoms with Crippen LogP contribution in [0.15, 0.2) is 12.2 Å². The Morgan fingerprint density at radius 3 is 1.97 bits per heavy atom. The number of rotatable bonds is 17. The molecule has 0 heterocycles. The summed E-state index contributed by atoms with van der Waals surface area (Å²) < 4.78 is 16.0. The van der Waals surface area contributed by atoms with E-state index in [1.165, 1.54) is 84.2 Å².